The topological polar surface area (TPSA) is 84.9 Å². The Balaban J connectivity index is 1.89. The Morgan fingerprint density at radius 3 is 2.26 bits per heavy atom. The van der Waals surface area contributed by atoms with Crippen molar-refractivity contribution in [3.63, 3.8) is 0 Å². The zero-order valence-electron chi connectivity index (χ0n) is 18.3. The largest absolute Gasteiger partial charge is 0.496 e. The van der Waals surface area contributed by atoms with Gasteiger partial charge in [-0.2, -0.15) is 0 Å². The number of rotatable bonds is 7. The summed E-state index contributed by atoms with van der Waals surface area (Å²) in [4.78, 5) is 15.0. The van der Waals surface area contributed by atoms with Crippen LogP contribution in [-0.4, -0.2) is 46.5 Å². The maximum Gasteiger partial charge on any atom is 0.257 e. The second-order valence-corrected chi connectivity index (χ2v) is 9.37. The van der Waals surface area contributed by atoms with Crippen molar-refractivity contribution in [3.05, 3.63) is 53.6 Å². The fourth-order valence-electron chi connectivity index (χ4n) is 3.85. The average molecular weight is 447 g/mol. The van der Waals surface area contributed by atoms with Crippen molar-refractivity contribution in [2.24, 2.45) is 0 Å². The molecule has 1 aliphatic heterocycles. The Hall–Kier alpha value is -2.58. The predicted octanol–water partition coefficient (Wildman–Crippen LogP) is 3.76. The number of carbonyl (C=O) groups excluding carboxylic acids is 1. The highest BCUT2D eigenvalue weighted by atomic mass is 32.2. The number of nitrogens with zero attached hydrogens (tertiary/aromatic N) is 1. The molecule has 1 N–H and O–H groups in total. The summed E-state index contributed by atoms with van der Waals surface area (Å²) in [5.41, 5.74) is 0.986. The molecule has 0 unspecified atom stereocenters. The van der Waals surface area contributed by atoms with Gasteiger partial charge in [-0.3, -0.25) is 4.79 Å². The van der Waals surface area contributed by atoms with Gasteiger partial charge in [0, 0.05) is 24.7 Å². The zero-order valence-corrected chi connectivity index (χ0v) is 19.1. The predicted molar refractivity (Wildman–Crippen MR) is 119 cm³/mol. The van der Waals surface area contributed by atoms with E-state index < -0.39 is 16.1 Å². The third-order valence-corrected chi connectivity index (χ3v) is 7.08. The quantitative estimate of drug-likeness (QED) is 0.700. The van der Waals surface area contributed by atoms with Crippen molar-refractivity contribution in [1.29, 1.82) is 0 Å². The van der Waals surface area contributed by atoms with E-state index in [1.165, 1.54) is 25.3 Å². The summed E-state index contributed by atoms with van der Waals surface area (Å²) in [6.45, 7) is 3.09. The summed E-state index contributed by atoms with van der Waals surface area (Å²) >= 11 is 0. The molecule has 0 aliphatic carbocycles. The summed E-state index contributed by atoms with van der Waals surface area (Å²) in [7, 11) is -0.861. The number of ether oxygens (including phenoxy) is 2. The first-order valence-electron chi connectivity index (χ1n) is 10.5. The molecule has 0 spiro atoms. The highest BCUT2D eigenvalue weighted by Crippen LogP contribution is 2.28. The molecule has 2 aromatic carbocycles. The van der Waals surface area contributed by atoms with Crippen LogP contribution < -0.4 is 14.2 Å². The van der Waals surface area contributed by atoms with Gasteiger partial charge in [0.2, 0.25) is 10.0 Å². The number of amides is 1. The standard InChI is InChI=1S/C23H30N2O5S/c1-17(19-10-6-7-11-21(19)29-2)24-31(27,28)18-12-13-22(30-3)20(16-18)23(26)25-14-8-4-5-9-15-25/h6-7,10-13,16-17,24H,4-5,8-9,14-15H2,1-3H3/t17-/m0/s1. The summed E-state index contributed by atoms with van der Waals surface area (Å²) in [5.74, 6) is 0.768. The monoisotopic (exact) mass is 446 g/mol. The lowest BCUT2D eigenvalue weighted by Gasteiger charge is -2.22. The second kappa shape index (κ2) is 10.2. The van der Waals surface area contributed by atoms with Crippen molar-refractivity contribution in [1.82, 2.24) is 9.62 Å². The van der Waals surface area contributed by atoms with Crippen LogP contribution in [-0.2, 0) is 10.0 Å². The molecule has 1 atom stereocenters. The maximum absolute atomic E-state index is 13.2. The van der Waals surface area contributed by atoms with E-state index >= 15 is 0 Å². The zero-order chi connectivity index (χ0) is 22.4. The smallest absolute Gasteiger partial charge is 0.257 e. The fraction of sp³-hybridized carbons (Fsp3) is 0.435. The van der Waals surface area contributed by atoms with Gasteiger partial charge in [0.25, 0.3) is 5.91 Å². The summed E-state index contributed by atoms with van der Waals surface area (Å²) in [5, 5.41) is 0. The molecule has 3 rings (SSSR count). The third kappa shape index (κ3) is 5.37. The van der Waals surface area contributed by atoms with Crippen molar-refractivity contribution < 1.29 is 22.7 Å². The maximum atomic E-state index is 13.2. The van der Waals surface area contributed by atoms with E-state index in [0.717, 1.165) is 31.2 Å². The molecule has 31 heavy (non-hydrogen) atoms. The first kappa shape index (κ1) is 23.1. The first-order chi connectivity index (χ1) is 14.9. The molecule has 1 heterocycles. The van der Waals surface area contributed by atoms with E-state index in [-0.39, 0.29) is 16.4 Å². The lowest BCUT2D eigenvalue weighted by Crippen LogP contribution is -2.32. The van der Waals surface area contributed by atoms with E-state index in [2.05, 4.69) is 4.72 Å². The van der Waals surface area contributed by atoms with E-state index in [4.69, 9.17) is 9.47 Å². The minimum absolute atomic E-state index is 0.0215. The summed E-state index contributed by atoms with van der Waals surface area (Å²) in [6, 6.07) is 11.1. The minimum atomic E-state index is -3.88. The van der Waals surface area contributed by atoms with Crippen molar-refractivity contribution in [2.45, 2.75) is 43.5 Å². The minimum Gasteiger partial charge on any atom is -0.496 e. The Morgan fingerprint density at radius 1 is 0.968 bits per heavy atom. The van der Waals surface area contributed by atoms with Crippen LogP contribution in [0.5, 0.6) is 11.5 Å². The number of hydrogen-bond acceptors (Lipinski definition) is 5. The Labute approximate surface area is 184 Å². The normalized spacial score (nSPS) is 15.8. The van der Waals surface area contributed by atoms with Gasteiger partial charge in [-0.25, -0.2) is 13.1 Å². The van der Waals surface area contributed by atoms with Crippen LogP contribution in [0, 0.1) is 0 Å². The number of benzene rings is 2. The van der Waals surface area contributed by atoms with Gasteiger partial charge in [0.05, 0.1) is 24.7 Å². The van der Waals surface area contributed by atoms with Gasteiger partial charge in [-0.1, -0.05) is 31.0 Å². The van der Waals surface area contributed by atoms with E-state index in [0.29, 0.717) is 24.6 Å². The van der Waals surface area contributed by atoms with Crippen LogP contribution in [0.15, 0.2) is 47.4 Å². The molecule has 168 valence electrons. The number of methoxy groups -OCH3 is 2. The lowest BCUT2D eigenvalue weighted by molar-refractivity contribution is 0.0758. The van der Waals surface area contributed by atoms with Gasteiger partial charge < -0.3 is 14.4 Å². The summed E-state index contributed by atoms with van der Waals surface area (Å²) < 4.78 is 39.6. The number of nitrogens with one attached hydrogen (secondary N) is 1. The van der Waals surface area contributed by atoms with Gasteiger partial charge in [0.15, 0.2) is 0 Å². The van der Waals surface area contributed by atoms with Crippen LogP contribution in [0.4, 0.5) is 0 Å². The van der Waals surface area contributed by atoms with E-state index in [1.807, 2.05) is 18.2 Å². The molecule has 2 aromatic rings. The van der Waals surface area contributed by atoms with Gasteiger partial charge >= 0.3 is 0 Å². The SMILES string of the molecule is COc1ccc(S(=O)(=O)N[C@@H](C)c2ccccc2OC)cc1C(=O)N1CCCCCC1. The second-order valence-electron chi connectivity index (χ2n) is 7.65. The van der Waals surface area contributed by atoms with Gasteiger partial charge in [-0.05, 0) is 44.0 Å². The molecule has 0 saturated carbocycles. The Bertz CT molecular complexity index is 1010. The lowest BCUT2D eigenvalue weighted by atomic mass is 10.1. The fourth-order valence-corrected chi connectivity index (χ4v) is 5.10. The van der Waals surface area contributed by atoms with Crippen LogP contribution in [0.3, 0.4) is 0 Å². The Morgan fingerprint density at radius 2 is 1.61 bits per heavy atom. The third-order valence-electron chi connectivity index (χ3n) is 5.54. The van der Waals surface area contributed by atoms with Crippen molar-refractivity contribution in [3.8, 4) is 11.5 Å². The number of para-hydroxylation sites is 1. The van der Waals surface area contributed by atoms with Crippen molar-refractivity contribution in [2.75, 3.05) is 27.3 Å². The van der Waals surface area contributed by atoms with Crippen LogP contribution >= 0.6 is 0 Å². The molecule has 7 nitrogen and oxygen atoms in total. The average Bonchev–Trinajstić information content (AvgIpc) is 3.07. The van der Waals surface area contributed by atoms with Crippen molar-refractivity contribution >= 4 is 15.9 Å². The highest BCUT2D eigenvalue weighted by Gasteiger charge is 2.25. The molecule has 1 saturated heterocycles. The van der Waals surface area contributed by atoms with Crippen LogP contribution in [0.2, 0.25) is 0 Å². The van der Waals surface area contributed by atoms with E-state index in [1.54, 1.807) is 25.0 Å². The molecule has 0 aromatic heterocycles. The molecule has 0 radical (unpaired) electrons. The van der Waals surface area contributed by atoms with Gasteiger partial charge in [-0.15, -0.1) is 0 Å². The number of hydrogen-bond donors (Lipinski definition) is 1. The number of carbonyl (C=O) groups is 1. The molecular formula is C23H30N2O5S. The number of sulfonamides is 1. The molecule has 1 fully saturated rings. The Kier molecular flexibility index (Phi) is 7.56. The van der Waals surface area contributed by atoms with Crippen LogP contribution in [0.1, 0.15) is 54.6 Å². The molecule has 1 aliphatic rings. The molecule has 1 amide bonds. The summed E-state index contributed by atoms with van der Waals surface area (Å²) in [6.07, 6.45) is 4.09. The number of likely N-dealkylation sites (tertiary alicyclic amines) is 1. The molecule has 0 bridgehead atoms. The molecule has 8 heteroatoms. The molecular weight excluding hydrogens is 416 g/mol. The van der Waals surface area contributed by atoms with Gasteiger partial charge in [0.1, 0.15) is 11.5 Å². The highest BCUT2D eigenvalue weighted by molar-refractivity contribution is 7.89. The van der Waals surface area contributed by atoms with E-state index in [9.17, 15) is 13.2 Å². The first-order valence-corrected chi connectivity index (χ1v) is 12.0. The van der Waals surface area contributed by atoms with Crippen LogP contribution in [0.25, 0.3) is 0 Å².